The summed E-state index contributed by atoms with van der Waals surface area (Å²) in [6.07, 6.45) is 5.15. The summed E-state index contributed by atoms with van der Waals surface area (Å²) in [5, 5.41) is 0. The van der Waals surface area contributed by atoms with E-state index in [-0.39, 0.29) is 11.5 Å². The molecule has 3 aromatic rings. The molecule has 7 heteroatoms. The van der Waals surface area contributed by atoms with Gasteiger partial charge in [0.05, 0.1) is 6.33 Å². The highest BCUT2D eigenvalue weighted by Gasteiger charge is 2.45. The third kappa shape index (κ3) is 2.73. The molecular formula is C20H25N7. The van der Waals surface area contributed by atoms with Crippen LogP contribution >= 0.6 is 0 Å². The number of nitrogens with two attached hydrogens (primary N) is 1. The molecule has 2 aliphatic rings. The van der Waals surface area contributed by atoms with Crippen LogP contribution in [-0.2, 0) is 0 Å². The molecule has 0 bridgehead atoms. The number of likely N-dealkylation sites (N-methyl/N-ethyl adjacent to an activating group) is 1. The molecule has 1 atom stereocenters. The lowest BCUT2D eigenvalue weighted by Crippen LogP contribution is -2.51. The molecule has 3 N–H and O–H groups in total. The lowest BCUT2D eigenvalue weighted by atomic mass is 9.81. The van der Waals surface area contributed by atoms with Gasteiger partial charge < -0.3 is 15.6 Å². The van der Waals surface area contributed by atoms with E-state index in [0.29, 0.717) is 11.6 Å². The first-order valence-electron chi connectivity index (χ1n) is 9.62. The Balaban J connectivity index is 1.36. The number of hydrogen-bond donors (Lipinski definition) is 2. The molecule has 2 aromatic heterocycles. The Morgan fingerprint density at radius 3 is 2.70 bits per heavy atom. The molecule has 0 radical (unpaired) electrons. The van der Waals surface area contributed by atoms with Crippen molar-refractivity contribution in [1.29, 1.82) is 0 Å². The van der Waals surface area contributed by atoms with Crippen molar-refractivity contribution in [3.8, 4) is 0 Å². The number of imidazole rings is 1. The van der Waals surface area contributed by atoms with Gasteiger partial charge in [0.25, 0.3) is 0 Å². The van der Waals surface area contributed by atoms with Gasteiger partial charge in [-0.05, 0) is 37.8 Å². The maximum absolute atomic E-state index is 5.90. The summed E-state index contributed by atoms with van der Waals surface area (Å²) in [6.45, 7) is 3.07. The topological polar surface area (TPSA) is 87.0 Å². The number of aromatic amines is 1. The minimum absolute atomic E-state index is 0.280. The normalized spacial score (nSPS) is 22.7. The molecule has 2 fully saturated rings. The summed E-state index contributed by atoms with van der Waals surface area (Å²) in [4.78, 5) is 21.0. The van der Waals surface area contributed by atoms with Crippen LogP contribution in [0, 0.1) is 0 Å². The molecular weight excluding hydrogens is 338 g/mol. The Kier molecular flexibility index (Phi) is 3.79. The van der Waals surface area contributed by atoms with Crippen molar-refractivity contribution < 1.29 is 0 Å². The van der Waals surface area contributed by atoms with Crippen LogP contribution < -0.4 is 10.6 Å². The van der Waals surface area contributed by atoms with Gasteiger partial charge in [0.1, 0.15) is 5.52 Å². The van der Waals surface area contributed by atoms with Crippen molar-refractivity contribution in [2.24, 2.45) is 0 Å². The summed E-state index contributed by atoms with van der Waals surface area (Å²) >= 11 is 0. The van der Waals surface area contributed by atoms with Gasteiger partial charge in [-0.1, -0.05) is 30.3 Å². The second kappa shape index (κ2) is 6.20. The molecule has 2 aliphatic heterocycles. The number of H-pyrrole nitrogens is 1. The SMILES string of the molecule is CN1CC(c2ccccc2)CC12CCN(c1nc(N)nc3nc[nH]c13)CC2. The van der Waals surface area contributed by atoms with Crippen LogP contribution in [0.4, 0.5) is 11.8 Å². The van der Waals surface area contributed by atoms with Crippen molar-refractivity contribution in [2.75, 3.05) is 37.3 Å². The monoisotopic (exact) mass is 363 g/mol. The Morgan fingerprint density at radius 2 is 1.93 bits per heavy atom. The van der Waals surface area contributed by atoms with Crippen LogP contribution in [0.15, 0.2) is 36.7 Å². The van der Waals surface area contributed by atoms with Crippen molar-refractivity contribution in [3.05, 3.63) is 42.2 Å². The number of nitrogens with one attached hydrogen (secondary N) is 1. The lowest BCUT2D eigenvalue weighted by molar-refractivity contribution is 0.137. The molecule has 27 heavy (non-hydrogen) atoms. The van der Waals surface area contributed by atoms with E-state index in [1.807, 2.05) is 0 Å². The Morgan fingerprint density at radius 1 is 1.15 bits per heavy atom. The highest BCUT2D eigenvalue weighted by Crippen LogP contribution is 2.44. The maximum atomic E-state index is 5.90. The molecule has 2 saturated heterocycles. The van der Waals surface area contributed by atoms with Crippen LogP contribution in [0.25, 0.3) is 11.2 Å². The largest absolute Gasteiger partial charge is 0.368 e. The zero-order chi connectivity index (χ0) is 18.4. The first-order valence-corrected chi connectivity index (χ1v) is 9.62. The van der Waals surface area contributed by atoms with Gasteiger partial charge in [0, 0.05) is 25.2 Å². The van der Waals surface area contributed by atoms with E-state index in [1.165, 1.54) is 12.0 Å². The zero-order valence-corrected chi connectivity index (χ0v) is 15.6. The first-order chi connectivity index (χ1) is 13.1. The highest BCUT2D eigenvalue weighted by atomic mass is 15.3. The Bertz CT molecular complexity index is 943. The average Bonchev–Trinajstić information content (AvgIpc) is 3.28. The third-order valence-electron chi connectivity index (χ3n) is 6.48. The summed E-state index contributed by atoms with van der Waals surface area (Å²) in [5.41, 5.74) is 9.16. The summed E-state index contributed by atoms with van der Waals surface area (Å²) in [5.74, 6) is 1.79. The quantitative estimate of drug-likeness (QED) is 0.727. The van der Waals surface area contributed by atoms with Gasteiger partial charge in [0.15, 0.2) is 11.5 Å². The molecule has 0 amide bonds. The molecule has 4 heterocycles. The molecule has 7 nitrogen and oxygen atoms in total. The van der Waals surface area contributed by atoms with Gasteiger partial charge >= 0.3 is 0 Å². The highest BCUT2D eigenvalue weighted by molar-refractivity contribution is 5.84. The number of nitrogen functional groups attached to an aromatic ring is 1. The smallest absolute Gasteiger partial charge is 0.224 e. The van der Waals surface area contributed by atoms with Crippen LogP contribution in [0.1, 0.15) is 30.7 Å². The van der Waals surface area contributed by atoms with Gasteiger partial charge in [-0.25, -0.2) is 4.98 Å². The van der Waals surface area contributed by atoms with Crippen molar-refractivity contribution in [1.82, 2.24) is 24.8 Å². The standard InChI is InChI=1S/C20H25N7/c1-26-12-15(14-5-3-2-4-6-14)11-20(26)7-9-27(10-8-20)18-16-17(23-13-22-16)24-19(21)25-18/h2-6,13,15H,7-12H2,1H3,(H3,21,22,23,24,25). The minimum atomic E-state index is 0.280. The lowest BCUT2D eigenvalue weighted by Gasteiger charge is -2.44. The van der Waals surface area contributed by atoms with Crippen molar-refractivity contribution in [3.63, 3.8) is 0 Å². The van der Waals surface area contributed by atoms with Gasteiger partial charge in [0.2, 0.25) is 5.95 Å². The van der Waals surface area contributed by atoms with Gasteiger partial charge in [-0.3, -0.25) is 4.90 Å². The fourth-order valence-corrected chi connectivity index (χ4v) is 4.94. The predicted octanol–water partition coefficient (Wildman–Crippen LogP) is 2.39. The second-order valence-electron chi connectivity index (χ2n) is 7.91. The maximum Gasteiger partial charge on any atom is 0.224 e. The van der Waals surface area contributed by atoms with Crippen LogP contribution in [0.5, 0.6) is 0 Å². The summed E-state index contributed by atoms with van der Waals surface area (Å²) in [6, 6.07) is 10.9. The number of anilines is 2. The first kappa shape index (κ1) is 16.5. The van der Waals surface area contributed by atoms with Crippen LogP contribution in [-0.4, -0.2) is 57.1 Å². The molecule has 1 aromatic carbocycles. The van der Waals surface area contributed by atoms with Crippen molar-refractivity contribution in [2.45, 2.75) is 30.7 Å². The number of fused-ring (bicyclic) bond motifs is 1. The Labute approximate surface area is 158 Å². The van der Waals surface area contributed by atoms with E-state index in [0.717, 1.165) is 43.8 Å². The van der Waals surface area contributed by atoms with E-state index >= 15 is 0 Å². The molecule has 0 saturated carbocycles. The fraction of sp³-hybridized carbons (Fsp3) is 0.450. The average molecular weight is 363 g/mol. The number of hydrogen-bond acceptors (Lipinski definition) is 6. The third-order valence-corrected chi connectivity index (χ3v) is 6.48. The van der Waals surface area contributed by atoms with E-state index in [9.17, 15) is 0 Å². The molecule has 0 aliphatic carbocycles. The van der Waals surface area contributed by atoms with Gasteiger partial charge in [-0.2, -0.15) is 9.97 Å². The van der Waals surface area contributed by atoms with E-state index < -0.39 is 0 Å². The molecule has 140 valence electrons. The number of nitrogens with zero attached hydrogens (tertiary/aromatic N) is 5. The predicted molar refractivity (Wildman–Crippen MR) is 107 cm³/mol. The van der Waals surface area contributed by atoms with Crippen LogP contribution in [0.3, 0.4) is 0 Å². The van der Waals surface area contributed by atoms with E-state index in [1.54, 1.807) is 6.33 Å². The van der Waals surface area contributed by atoms with Crippen molar-refractivity contribution >= 4 is 22.9 Å². The molecule has 1 spiro atoms. The number of piperidine rings is 1. The van der Waals surface area contributed by atoms with E-state index in [2.05, 4.69) is 67.1 Å². The number of likely N-dealkylation sites (tertiary alicyclic amines) is 1. The number of aromatic nitrogens is 4. The molecule has 1 unspecified atom stereocenters. The minimum Gasteiger partial charge on any atom is -0.368 e. The fourth-order valence-electron chi connectivity index (χ4n) is 4.94. The summed E-state index contributed by atoms with van der Waals surface area (Å²) < 4.78 is 0. The molecule has 5 rings (SSSR count). The van der Waals surface area contributed by atoms with E-state index in [4.69, 9.17) is 5.73 Å². The second-order valence-corrected chi connectivity index (χ2v) is 7.91. The zero-order valence-electron chi connectivity index (χ0n) is 15.6. The van der Waals surface area contributed by atoms with Crippen LogP contribution in [0.2, 0.25) is 0 Å². The number of rotatable bonds is 2. The Hall–Kier alpha value is -2.67. The number of benzene rings is 1. The van der Waals surface area contributed by atoms with Gasteiger partial charge in [-0.15, -0.1) is 0 Å². The summed E-state index contributed by atoms with van der Waals surface area (Å²) in [7, 11) is 2.29.